The smallest absolute Gasteiger partial charge is 0.243 e. The normalized spacial score (nSPS) is 10.9. The van der Waals surface area contributed by atoms with Gasteiger partial charge in [0.1, 0.15) is 11.5 Å². The number of carbonyl (C=O) groups excluding carboxylic acids is 1. The van der Waals surface area contributed by atoms with Crippen LogP contribution in [0.2, 0.25) is 0 Å². The Bertz CT molecular complexity index is 1050. The van der Waals surface area contributed by atoms with Gasteiger partial charge in [-0.15, -0.1) is 0 Å². The number of anilines is 2. The van der Waals surface area contributed by atoms with E-state index in [1.807, 2.05) is 36.4 Å². The molecule has 6 nitrogen and oxygen atoms in total. The Morgan fingerprint density at radius 2 is 1.54 bits per heavy atom. The van der Waals surface area contributed by atoms with E-state index in [1.165, 1.54) is 6.07 Å². The second kappa shape index (κ2) is 8.58. The molecule has 3 aromatic rings. The third-order valence-corrected chi connectivity index (χ3v) is 4.97. The predicted octanol–water partition coefficient (Wildman–Crippen LogP) is 3.93. The van der Waals surface area contributed by atoms with Crippen molar-refractivity contribution in [2.75, 3.05) is 23.4 Å². The van der Waals surface area contributed by atoms with Crippen LogP contribution in [-0.4, -0.2) is 27.1 Å². The first-order valence-corrected chi connectivity index (χ1v) is 10.5. The summed E-state index contributed by atoms with van der Waals surface area (Å²) in [6, 6.07) is 22.8. The van der Waals surface area contributed by atoms with Crippen LogP contribution in [0.3, 0.4) is 0 Å². The van der Waals surface area contributed by atoms with Gasteiger partial charge in [0.2, 0.25) is 5.91 Å². The van der Waals surface area contributed by atoms with Crippen LogP contribution in [0.1, 0.15) is 0 Å². The molecule has 7 heteroatoms. The van der Waals surface area contributed by atoms with Crippen LogP contribution in [-0.2, 0) is 14.6 Å². The maximum Gasteiger partial charge on any atom is 0.243 e. The first kappa shape index (κ1) is 19.4. The zero-order valence-corrected chi connectivity index (χ0v) is 16.1. The highest BCUT2D eigenvalue weighted by Crippen LogP contribution is 2.29. The lowest BCUT2D eigenvalue weighted by Crippen LogP contribution is -2.22. The van der Waals surface area contributed by atoms with Gasteiger partial charge in [-0.3, -0.25) is 4.79 Å². The van der Waals surface area contributed by atoms with Gasteiger partial charge in [0, 0.05) is 18.0 Å². The zero-order valence-electron chi connectivity index (χ0n) is 15.3. The Kier molecular flexibility index (Phi) is 5.96. The number of hydrogen-bond acceptors (Lipinski definition) is 5. The van der Waals surface area contributed by atoms with Crippen molar-refractivity contribution in [3.8, 4) is 11.5 Å². The average molecular weight is 396 g/mol. The average Bonchev–Trinajstić information content (AvgIpc) is 2.68. The molecule has 0 aliphatic rings. The molecule has 2 N–H and O–H groups in total. The van der Waals surface area contributed by atoms with Gasteiger partial charge < -0.3 is 15.4 Å². The van der Waals surface area contributed by atoms with Crippen molar-refractivity contribution in [2.24, 2.45) is 0 Å². The number of amides is 1. The van der Waals surface area contributed by atoms with Crippen LogP contribution >= 0.6 is 0 Å². The monoisotopic (exact) mass is 396 g/mol. The first-order chi connectivity index (χ1) is 13.4. The fourth-order valence-corrected chi connectivity index (χ4v) is 3.42. The molecular weight excluding hydrogens is 376 g/mol. The van der Waals surface area contributed by atoms with Crippen molar-refractivity contribution >= 4 is 27.1 Å². The van der Waals surface area contributed by atoms with Gasteiger partial charge in [-0.05, 0) is 36.4 Å². The Labute approximate surface area is 164 Å². The zero-order chi connectivity index (χ0) is 20.0. The quantitative estimate of drug-likeness (QED) is 0.632. The van der Waals surface area contributed by atoms with Crippen LogP contribution in [0.4, 0.5) is 11.4 Å². The number of carbonyl (C=O) groups is 1. The number of benzene rings is 3. The fraction of sp³-hybridized carbons (Fsp3) is 0.0952. The number of nitrogens with one attached hydrogen (secondary N) is 2. The van der Waals surface area contributed by atoms with E-state index in [-0.39, 0.29) is 17.3 Å². The number of para-hydroxylation sites is 2. The molecule has 0 radical (unpaired) electrons. The van der Waals surface area contributed by atoms with Gasteiger partial charge in [-0.2, -0.15) is 0 Å². The van der Waals surface area contributed by atoms with E-state index in [0.717, 1.165) is 6.26 Å². The summed E-state index contributed by atoms with van der Waals surface area (Å²) in [7, 11) is -3.53. The first-order valence-electron chi connectivity index (χ1n) is 8.57. The highest BCUT2D eigenvalue weighted by atomic mass is 32.2. The second-order valence-electron chi connectivity index (χ2n) is 6.11. The van der Waals surface area contributed by atoms with Crippen molar-refractivity contribution in [1.29, 1.82) is 0 Å². The maximum absolute atomic E-state index is 12.2. The molecule has 0 heterocycles. The molecule has 0 atom stereocenters. The van der Waals surface area contributed by atoms with Gasteiger partial charge in [0.05, 0.1) is 17.1 Å². The minimum atomic E-state index is -3.53. The third-order valence-electron chi connectivity index (χ3n) is 3.83. The van der Waals surface area contributed by atoms with Crippen molar-refractivity contribution < 1.29 is 17.9 Å². The van der Waals surface area contributed by atoms with Gasteiger partial charge in [-0.25, -0.2) is 8.42 Å². The van der Waals surface area contributed by atoms with Crippen LogP contribution in [0.15, 0.2) is 83.8 Å². The number of rotatable bonds is 7. The summed E-state index contributed by atoms with van der Waals surface area (Å²) in [4.78, 5) is 12.2. The van der Waals surface area contributed by atoms with E-state index in [1.54, 1.807) is 36.4 Å². The Morgan fingerprint density at radius 1 is 0.893 bits per heavy atom. The molecule has 0 saturated carbocycles. The number of sulfone groups is 1. The molecule has 144 valence electrons. The van der Waals surface area contributed by atoms with Crippen LogP contribution in [0.25, 0.3) is 0 Å². The van der Waals surface area contributed by atoms with Gasteiger partial charge in [0.15, 0.2) is 9.84 Å². The van der Waals surface area contributed by atoms with Gasteiger partial charge in [0.25, 0.3) is 0 Å². The van der Waals surface area contributed by atoms with Crippen LogP contribution < -0.4 is 15.4 Å². The number of hydrogen-bond donors (Lipinski definition) is 2. The van der Waals surface area contributed by atoms with Crippen molar-refractivity contribution in [3.63, 3.8) is 0 Å². The van der Waals surface area contributed by atoms with E-state index < -0.39 is 9.84 Å². The third kappa shape index (κ3) is 5.34. The van der Waals surface area contributed by atoms with E-state index in [4.69, 9.17) is 4.74 Å². The molecule has 0 aliphatic heterocycles. The minimum Gasteiger partial charge on any atom is -0.457 e. The van der Waals surface area contributed by atoms with E-state index in [9.17, 15) is 13.2 Å². The van der Waals surface area contributed by atoms with E-state index in [0.29, 0.717) is 22.9 Å². The Hall–Kier alpha value is -3.32. The van der Waals surface area contributed by atoms with E-state index in [2.05, 4.69) is 10.6 Å². The summed E-state index contributed by atoms with van der Waals surface area (Å²) >= 11 is 0. The summed E-state index contributed by atoms with van der Waals surface area (Å²) in [6.07, 6.45) is 1.11. The predicted molar refractivity (Wildman–Crippen MR) is 110 cm³/mol. The molecule has 0 aliphatic carbocycles. The topological polar surface area (TPSA) is 84.5 Å². The minimum absolute atomic E-state index is 0.0634. The van der Waals surface area contributed by atoms with Crippen molar-refractivity contribution in [1.82, 2.24) is 0 Å². The molecule has 0 saturated heterocycles. The van der Waals surface area contributed by atoms with E-state index >= 15 is 0 Å². The maximum atomic E-state index is 12.2. The molecule has 0 bridgehead atoms. The highest BCUT2D eigenvalue weighted by molar-refractivity contribution is 7.90. The molecular formula is C21H20N2O4S. The summed E-state index contributed by atoms with van der Waals surface area (Å²) in [5.74, 6) is 0.714. The standard InChI is InChI=1S/C21H20N2O4S/c1-28(25,26)20-14-18(27-17-10-6-3-7-11-17)12-13-19(20)22-15-21(24)23-16-8-4-2-5-9-16/h2-14,22H,15H2,1H3,(H,23,24). The Morgan fingerprint density at radius 3 is 2.18 bits per heavy atom. The molecule has 28 heavy (non-hydrogen) atoms. The molecule has 3 rings (SSSR count). The summed E-state index contributed by atoms with van der Waals surface area (Å²) in [5.41, 5.74) is 1.01. The summed E-state index contributed by atoms with van der Waals surface area (Å²) in [6.45, 7) is -0.0731. The Balaban J connectivity index is 1.74. The lowest BCUT2D eigenvalue weighted by molar-refractivity contribution is -0.114. The SMILES string of the molecule is CS(=O)(=O)c1cc(Oc2ccccc2)ccc1NCC(=O)Nc1ccccc1. The fourth-order valence-electron chi connectivity index (χ4n) is 2.55. The summed E-state index contributed by atoms with van der Waals surface area (Å²) < 4.78 is 30.1. The molecule has 0 unspecified atom stereocenters. The largest absolute Gasteiger partial charge is 0.457 e. The summed E-state index contributed by atoms with van der Waals surface area (Å²) in [5, 5.41) is 5.62. The van der Waals surface area contributed by atoms with Gasteiger partial charge in [-0.1, -0.05) is 36.4 Å². The number of ether oxygens (including phenoxy) is 1. The van der Waals surface area contributed by atoms with Crippen LogP contribution in [0, 0.1) is 0 Å². The lowest BCUT2D eigenvalue weighted by Gasteiger charge is -2.13. The molecule has 0 spiro atoms. The molecule has 3 aromatic carbocycles. The highest BCUT2D eigenvalue weighted by Gasteiger charge is 2.16. The second-order valence-corrected chi connectivity index (χ2v) is 8.10. The molecule has 0 fully saturated rings. The molecule has 0 aromatic heterocycles. The lowest BCUT2D eigenvalue weighted by atomic mass is 10.3. The van der Waals surface area contributed by atoms with Gasteiger partial charge >= 0.3 is 0 Å². The van der Waals surface area contributed by atoms with Crippen molar-refractivity contribution in [2.45, 2.75) is 4.90 Å². The molecule has 1 amide bonds. The van der Waals surface area contributed by atoms with Crippen molar-refractivity contribution in [3.05, 3.63) is 78.9 Å². The van der Waals surface area contributed by atoms with Crippen LogP contribution in [0.5, 0.6) is 11.5 Å².